The van der Waals surface area contributed by atoms with Gasteiger partial charge in [0.2, 0.25) is 0 Å². The number of rotatable bonds is 12. The number of nitrogens with zero attached hydrogens (tertiary/aromatic N) is 2. The normalized spacial score (nSPS) is 14.7. The zero-order valence-corrected chi connectivity index (χ0v) is 34.0. The van der Waals surface area contributed by atoms with E-state index in [4.69, 9.17) is 4.43 Å². The highest BCUT2D eigenvalue weighted by Gasteiger charge is 2.50. The van der Waals surface area contributed by atoms with E-state index in [1.165, 1.54) is 27.2 Å². The van der Waals surface area contributed by atoms with Crippen molar-refractivity contribution >= 4 is 85.4 Å². The Balaban J connectivity index is 0.872. The van der Waals surface area contributed by atoms with E-state index in [0.29, 0.717) is 46.2 Å². The van der Waals surface area contributed by atoms with Gasteiger partial charge in [-0.3, -0.25) is 29.0 Å². The van der Waals surface area contributed by atoms with Crippen molar-refractivity contribution in [2.75, 3.05) is 20.2 Å². The van der Waals surface area contributed by atoms with Crippen molar-refractivity contribution in [1.82, 2.24) is 9.80 Å². The van der Waals surface area contributed by atoms with E-state index >= 15 is 0 Å². The molecule has 286 valence electrons. The van der Waals surface area contributed by atoms with E-state index in [9.17, 15) is 19.2 Å². The van der Waals surface area contributed by atoms with Crippen LogP contribution in [0.1, 0.15) is 101 Å². The van der Waals surface area contributed by atoms with Crippen molar-refractivity contribution in [3.8, 4) is 0 Å². The molecule has 2 heterocycles. The summed E-state index contributed by atoms with van der Waals surface area (Å²) >= 11 is 0. The molecular formula is C49H46N2O5Si. The van der Waals surface area contributed by atoms with Crippen LogP contribution in [-0.4, -0.2) is 61.9 Å². The lowest BCUT2D eigenvalue weighted by Crippen LogP contribution is -2.66. The minimum Gasteiger partial charge on any atom is -0.407 e. The van der Waals surface area contributed by atoms with Crippen LogP contribution >= 0.6 is 0 Å². The molecular weight excluding hydrogens is 725 g/mol. The maximum atomic E-state index is 14.0. The molecule has 9 rings (SSSR count). The zero-order valence-electron chi connectivity index (χ0n) is 33.0. The van der Waals surface area contributed by atoms with Crippen LogP contribution in [-0.2, 0) is 4.43 Å². The second-order valence-electron chi connectivity index (χ2n) is 16.7. The second kappa shape index (κ2) is 14.0. The molecule has 0 unspecified atom stereocenters. The molecule has 7 nitrogen and oxygen atoms in total. The Kier molecular flexibility index (Phi) is 9.09. The molecule has 0 bridgehead atoms. The van der Waals surface area contributed by atoms with Crippen LogP contribution in [0.3, 0.4) is 0 Å². The van der Waals surface area contributed by atoms with E-state index in [1.807, 2.05) is 36.4 Å². The van der Waals surface area contributed by atoms with E-state index in [-0.39, 0.29) is 28.7 Å². The summed E-state index contributed by atoms with van der Waals surface area (Å²) < 4.78 is 7.07. The molecule has 2 aliphatic heterocycles. The van der Waals surface area contributed by atoms with Crippen molar-refractivity contribution in [2.24, 2.45) is 0 Å². The number of amides is 4. The predicted molar refractivity (Wildman–Crippen MR) is 231 cm³/mol. The molecule has 4 amide bonds. The van der Waals surface area contributed by atoms with Gasteiger partial charge in [-0.1, -0.05) is 131 Å². The summed E-state index contributed by atoms with van der Waals surface area (Å²) in [5.74, 6) is -1.15. The van der Waals surface area contributed by atoms with Crippen LogP contribution in [0.4, 0.5) is 0 Å². The Labute approximate surface area is 333 Å². The van der Waals surface area contributed by atoms with E-state index in [0.717, 1.165) is 70.8 Å². The third kappa shape index (κ3) is 5.63. The lowest BCUT2D eigenvalue weighted by atomic mass is 9.82. The highest BCUT2D eigenvalue weighted by Crippen LogP contribution is 2.46. The van der Waals surface area contributed by atoms with Gasteiger partial charge in [-0.2, -0.15) is 0 Å². The van der Waals surface area contributed by atoms with Crippen LogP contribution < -0.4 is 10.4 Å². The molecule has 0 radical (unpaired) electrons. The van der Waals surface area contributed by atoms with Gasteiger partial charge in [-0.05, 0) is 84.8 Å². The van der Waals surface area contributed by atoms with Gasteiger partial charge < -0.3 is 4.43 Å². The van der Waals surface area contributed by atoms with Crippen LogP contribution in [0.2, 0.25) is 5.04 Å². The summed E-state index contributed by atoms with van der Waals surface area (Å²) in [4.78, 5) is 56.9. The first-order valence-electron chi connectivity index (χ1n) is 20.2. The van der Waals surface area contributed by atoms with Crippen LogP contribution in [0.25, 0.3) is 43.1 Å². The maximum absolute atomic E-state index is 14.0. The highest BCUT2D eigenvalue weighted by atomic mass is 28.4. The quantitative estimate of drug-likeness (QED) is 0.0407. The molecule has 0 atom stereocenters. The van der Waals surface area contributed by atoms with Gasteiger partial charge in [-0.25, -0.2) is 0 Å². The van der Waals surface area contributed by atoms with Gasteiger partial charge in [0.25, 0.3) is 31.9 Å². The minimum atomic E-state index is -2.54. The average molecular weight is 771 g/mol. The monoisotopic (exact) mass is 770 g/mol. The maximum Gasteiger partial charge on any atom is 0.261 e. The zero-order chi connectivity index (χ0) is 39.6. The summed E-state index contributed by atoms with van der Waals surface area (Å²) in [7, 11) is -1.03. The van der Waals surface area contributed by atoms with Gasteiger partial charge in [0, 0.05) is 53.2 Å². The summed E-state index contributed by atoms with van der Waals surface area (Å²) in [6, 6.07) is 36.6. The Morgan fingerprint density at radius 1 is 0.474 bits per heavy atom. The molecule has 7 aromatic carbocycles. The minimum absolute atomic E-state index is 0.0473. The average Bonchev–Trinajstić information content (AvgIpc) is 3.22. The van der Waals surface area contributed by atoms with Crippen molar-refractivity contribution < 1.29 is 23.6 Å². The number of benzene rings is 7. The topological polar surface area (TPSA) is 84.0 Å². The summed E-state index contributed by atoms with van der Waals surface area (Å²) in [6.07, 6.45) is 5.80. The fraction of sp³-hybridized carbons (Fsp3) is 0.265. The summed E-state index contributed by atoms with van der Waals surface area (Å²) in [5.41, 5.74) is 2.07. The van der Waals surface area contributed by atoms with Gasteiger partial charge >= 0.3 is 0 Å². The number of carbonyl (C=O) groups excluding carboxylic acids is 4. The molecule has 0 saturated carbocycles. The molecule has 0 N–H and O–H groups in total. The van der Waals surface area contributed by atoms with E-state index in [2.05, 4.69) is 81.4 Å². The van der Waals surface area contributed by atoms with Crippen LogP contribution in [0.5, 0.6) is 0 Å². The number of fused-ring (bicyclic) bond motifs is 2. The largest absolute Gasteiger partial charge is 0.407 e. The van der Waals surface area contributed by atoms with Gasteiger partial charge in [-0.15, -0.1) is 0 Å². The Hall–Kier alpha value is -5.70. The molecule has 8 heteroatoms. The SMILES string of the molecule is CN1C(=O)c2ccc3c4ccc5c6c(ccc(c7ccc(c2c37)C1=O)c64)C(=O)N(CCCCCCCCO[Si](c1ccccc1)(c1ccccc1)C(C)(C)C)C5=O. The Bertz CT molecular complexity index is 2600. The number of imide groups is 2. The Morgan fingerprint density at radius 3 is 1.28 bits per heavy atom. The third-order valence-electron chi connectivity index (χ3n) is 12.4. The van der Waals surface area contributed by atoms with Gasteiger partial charge in [0.1, 0.15) is 0 Å². The number of hydrogen-bond acceptors (Lipinski definition) is 5. The fourth-order valence-corrected chi connectivity index (χ4v) is 14.3. The van der Waals surface area contributed by atoms with Crippen molar-refractivity contribution in [3.05, 3.63) is 131 Å². The lowest BCUT2D eigenvalue weighted by Gasteiger charge is -2.43. The van der Waals surface area contributed by atoms with Crippen molar-refractivity contribution in [2.45, 2.75) is 64.3 Å². The number of hydrogen-bond donors (Lipinski definition) is 0. The molecule has 0 aliphatic carbocycles. The molecule has 0 aromatic heterocycles. The van der Waals surface area contributed by atoms with Crippen molar-refractivity contribution in [3.63, 3.8) is 0 Å². The first-order chi connectivity index (χ1) is 27.5. The highest BCUT2D eigenvalue weighted by molar-refractivity contribution is 6.99. The van der Waals surface area contributed by atoms with Gasteiger partial charge in [0.05, 0.1) is 0 Å². The molecule has 7 aromatic rings. The van der Waals surface area contributed by atoms with Crippen LogP contribution in [0.15, 0.2) is 109 Å². The number of carbonyl (C=O) groups is 4. The molecule has 0 spiro atoms. The molecule has 2 aliphatic rings. The third-order valence-corrected chi connectivity index (χ3v) is 17.5. The predicted octanol–water partition coefficient (Wildman–Crippen LogP) is 9.48. The fourth-order valence-electron chi connectivity index (χ4n) is 9.71. The van der Waals surface area contributed by atoms with Crippen LogP contribution in [0, 0.1) is 0 Å². The summed E-state index contributed by atoms with van der Waals surface area (Å²) in [5, 5.41) is 9.19. The van der Waals surface area contributed by atoms with Crippen molar-refractivity contribution in [1.29, 1.82) is 0 Å². The van der Waals surface area contributed by atoms with E-state index in [1.54, 1.807) is 12.1 Å². The molecule has 0 fully saturated rings. The summed E-state index contributed by atoms with van der Waals surface area (Å²) in [6.45, 7) is 8.00. The first-order valence-corrected chi connectivity index (χ1v) is 22.1. The molecule has 57 heavy (non-hydrogen) atoms. The van der Waals surface area contributed by atoms with E-state index < -0.39 is 8.32 Å². The second-order valence-corrected chi connectivity index (χ2v) is 21.0. The number of unbranched alkanes of at least 4 members (excludes halogenated alkanes) is 5. The Morgan fingerprint density at radius 2 is 0.860 bits per heavy atom. The first kappa shape index (κ1) is 36.9. The smallest absolute Gasteiger partial charge is 0.261 e. The molecule has 0 saturated heterocycles. The lowest BCUT2D eigenvalue weighted by molar-refractivity contribution is 0.0603. The van der Waals surface area contributed by atoms with Gasteiger partial charge in [0.15, 0.2) is 0 Å². The standard InChI is InChI=1S/C49H46N2O5Si/c1-49(2,3)57(31-17-11-9-12-18-31,32-19-13-10-14-20-32)56-30-16-8-6-5-7-15-29-51-47(54)39-27-23-35-33-21-25-37-43-38(46(53)50(4)45(37)52)26-22-34(41(33)43)36-24-28-40(48(51)55)44(39)42(35)36/h9-14,17-28H,5-8,15-16,29-30H2,1-4H3.